The van der Waals surface area contributed by atoms with E-state index in [9.17, 15) is 4.79 Å². The predicted octanol–water partition coefficient (Wildman–Crippen LogP) is 4.22. The van der Waals surface area contributed by atoms with Gasteiger partial charge in [-0.1, -0.05) is 57.8 Å². The quantitative estimate of drug-likeness (QED) is 0.590. The Bertz CT molecular complexity index is 237. The van der Waals surface area contributed by atoms with E-state index >= 15 is 0 Å². The molecule has 17 heavy (non-hydrogen) atoms. The number of hydrogen-bond acceptors (Lipinski definition) is 2. The Morgan fingerprint density at radius 3 is 1.71 bits per heavy atom. The summed E-state index contributed by atoms with van der Waals surface area (Å²) in [5.41, 5.74) is 0. The lowest BCUT2D eigenvalue weighted by Crippen LogP contribution is -2.44. The second-order valence-electron chi connectivity index (χ2n) is 5.69. The van der Waals surface area contributed by atoms with Crippen LogP contribution in [-0.2, 0) is 9.53 Å². The zero-order valence-electron chi connectivity index (χ0n) is 11.0. The second kappa shape index (κ2) is 7.03. The first kappa shape index (κ1) is 12.9. The van der Waals surface area contributed by atoms with Crippen molar-refractivity contribution in [1.29, 1.82) is 0 Å². The Balaban J connectivity index is 1.73. The number of fused-ring (bicyclic) bond motifs is 1. The number of carbonyl (C=O) groups is 1. The molecule has 0 spiro atoms. The van der Waals surface area contributed by atoms with Crippen LogP contribution in [0.25, 0.3) is 0 Å². The molecule has 2 heteroatoms. The van der Waals surface area contributed by atoms with Gasteiger partial charge < -0.3 is 4.74 Å². The highest BCUT2D eigenvalue weighted by molar-refractivity contribution is 5.78. The van der Waals surface area contributed by atoms with Crippen LogP contribution in [0.2, 0.25) is 0 Å². The van der Waals surface area contributed by atoms with Crippen LogP contribution in [-0.4, -0.2) is 12.1 Å². The molecule has 1 aliphatic carbocycles. The van der Waals surface area contributed by atoms with Gasteiger partial charge in [0.1, 0.15) is 6.10 Å². The van der Waals surface area contributed by atoms with E-state index in [4.69, 9.17) is 4.74 Å². The lowest BCUT2D eigenvalue weighted by molar-refractivity contribution is -0.186. The zero-order chi connectivity index (χ0) is 11.9. The molecular formula is C15H26O2. The molecule has 0 radical (unpaired) electrons. The van der Waals surface area contributed by atoms with Crippen molar-refractivity contribution >= 4 is 5.97 Å². The van der Waals surface area contributed by atoms with Crippen molar-refractivity contribution in [2.45, 2.75) is 83.2 Å². The Labute approximate surface area is 105 Å². The van der Waals surface area contributed by atoms with E-state index in [2.05, 4.69) is 0 Å². The minimum atomic E-state index is 0.0714. The van der Waals surface area contributed by atoms with Crippen molar-refractivity contribution in [3.8, 4) is 0 Å². The first-order valence-electron chi connectivity index (χ1n) is 7.58. The van der Waals surface area contributed by atoms with Crippen LogP contribution in [0, 0.1) is 5.92 Å². The SMILES string of the molecule is O=C1OC2CCCCCCCCCCCCC12. The van der Waals surface area contributed by atoms with Crippen molar-refractivity contribution in [3.63, 3.8) is 0 Å². The summed E-state index contributed by atoms with van der Waals surface area (Å²) in [5, 5.41) is 0. The molecule has 2 aliphatic rings. The average Bonchev–Trinajstić information content (AvgIpc) is 2.32. The molecule has 98 valence electrons. The maximum Gasteiger partial charge on any atom is 0.313 e. The van der Waals surface area contributed by atoms with Crippen LogP contribution in [0.5, 0.6) is 0 Å². The second-order valence-corrected chi connectivity index (χ2v) is 5.69. The maximum absolute atomic E-state index is 11.4. The highest BCUT2D eigenvalue weighted by Gasteiger charge is 2.40. The Kier molecular flexibility index (Phi) is 5.34. The maximum atomic E-state index is 11.4. The standard InChI is InChI=1S/C15H26O2/c16-15-13-11-9-7-5-3-1-2-4-6-8-10-12-14(13)17-15/h13-14H,1-12H2. The van der Waals surface area contributed by atoms with Crippen LogP contribution in [0.4, 0.5) is 0 Å². The van der Waals surface area contributed by atoms with E-state index in [1.165, 1.54) is 64.2 Å². The highest BCUT2D eigenvalue weighted by Crippen LogP contribution is 2.31. The summed E-state index contributed by atoms with van der Waals surface area (Å²) in [6.07, 6.45) is 15.9. The minimum absolute atomic E-state index is 0.0714. The van der Waals surface area contributed by atoms with Crippen LogP contribution >= 0.6 is 0 Å². The molecule has 1 saturated heterocycles. The monoisotopic (exact) mass is 238 g/mol. The Morgan fingerprint density at radius 2 is 1.18 bits per heavy atom. The van der Waals surface area contributed by atoms with Gasteiger partial charge in [-0.25, -0.2) is 0 Å². The van der Waals surface area contributed by atoms with E-state index < -0.39 is 0 Å². The molecule has 2 rings (SSSR count). The van der Waals surface area contributed by atoms with Gasteiger partial charge in [-0.05, 0) is 19.3 Å². The fraction of sp³-hybridized carbons (Fsp3) is 0.933. The first-order valence-corrected chi connectivity index (χ1v) is 7.58. The topological polar surface area (TPSA) is 26.3 Å². The number of rotatable bonds is 0. The molecule has 0 aromatic carbocycles. The number of ether oxygens (including phenoxy) is 1. The fourth-order valence-corrected chi connectivity index (χ4v) is 3.09. The van der Waals surface area contributed by atoms with Crippen LogP contribution in [0.15, 0.2) is 0 Å². The lowest BCUT2D eigenvalue weighted by Gasteiger charge is -2.35. The van der Waals surface area contributed by atoms with Gasteiger partial charge in [0.25, 0.3) is 0 Å². The van der Waals surface area contributed by atoms with E-state index in [1.807, 2.05) is 0 Å². The molecular weight excluding hydrogens is 212 g/mol. The minimum Gasteiger partial charge on any atom is -0.461 e. The molecule has 0 N–H and O–H groups in total. The zero-order valence-corrected chi connectivity index (χ0v) is 11.0. The summed E-state index contributed by atoms with van der Waals surface area (Å²) >= 11 is 0. The highest BCUT2D eigenvalue weighted by atomic mass is 16.6. The van der Waals surface area contributed by atoms with Gasteiger partial charge >= 0.3 is 5.97 Å². The number of carbonyl (C=O) groups excluding carboxylic acids is 1. The smallest absolute Gasteiger partial charge is 0.313 e. The van der Waals surface area contributed by atoms with Gasteiger partial charge in [-0.15, -0.1) is 0 Å². The van der Waals surface area contributed by atoms with E-state index in [1.54, 1.807) is 0 Å². The number of hydrogen-bond donors (Lipinski definition) is 0. The first-order chi connectivity index (χ1) is 8.38. The summed E-state index contributed by atoms with van der Waals surface area (Å²) in [6.45, 7) is 0. The van der Waals surface area contributed by atoms with Crippen molar-refractivity contribution in [1.82, 2.24) is 0 Å². The molecule has 2 atom stereocenters. The molecule has 0 aromatic rings. The summed E-state index contributed by atoms with van der Waals surface area (Å²) < 4.78 is 5.26. The van der Waals surface area contributed by atoms with Crippen molar-refractivity contribution in [2.75, 3.05) is 0 Å². The Hall–Kier alpha value is -0.530. The molecule has 0 bridgehead atoms. The van der Waals surface area contributed by atoms with Crippen molar-refractivity contribution in [2.24, 2.45) is 5.92 Å². The third-order valence-electron chi connectivity index (χ3n) is 4.27. The van der Waals surface area contributed by atoms with Crippen LogP contribution < -0.4 is 0 Å². The van der Waals surface area contributed by atoms with Crippen molar-refractivity contribution in [3.05, 3.63) is 0 Å². The van der Waals surface area contributed by atoms with E-state index in [0.29, 0.717) is 0 Å². The van der Waals surface area contributed by atoms with Crippen LogP contribution in [0.1, 0.15) is 77.0 Å². The predicted molar refractivity (Wildman–Crippen MR) is 68.8 cm³/mol. The molecule has 1 heterocycles. The molecule has 2 nitrogen and oxygen atoms in total. The van der Waals surface area contributed by atoms with Gasteiger partial charge in [-0.2, -0.15) is 0 Å². The van der Waals surface area contributed by atoms with Gasteiger partial charge in [-0.3, -0.25) is 4.79 Å². The third-order valence-corrected chi connectivity index (χ3v) is 4.27. The summed E-state index contributed by atoms with van der Waals surface area (Å²) in [4.78, 5) is 11.4. The fourth-order valence-electron chi connectivity index (χ4n) is 3.09. The molecule has 0 amide bonds. The number of esters is 1. The summed E-state index contributed by atoms with van der Waals surface area (Å²) in [6, 6.07) is 0. The summed E-state index contributed by atoms with van der Waals surface area (Å²) in [5.74, 6) is 0.319. The molecule has 1 aliphatic heterocycles. The van der Waals surface area contributed by atoms with Crippen LogP contribution in [0.3, 0.4) is 0 Å². The van der Waals surface area contributed by atoms with Gasteiger partial charge in [0.05, 0.1) is 5.92 Å². The lowest BCUT2D eigenvalue weighted by atomic mass is 9.87. The average molecular weight is 238 g/mol. The Morgan fingerprint density at radius 1 is 0.706 bits per heavy atom. The molecule has 2 unspecified atom stereocenters. The van der Waals surface area contributed by atoms with Gasteiger partial charge in [0, 0.05) is 0 Å². The summed E-state index contributed by atoms with van der Waals surface area (Å²) in [7, 11) is 0. The van der Waals surface area contributed by atoms with Crippen molar-refractivity contribution < 1.29 is 9.53 Å². The largest absolute Gasteiger partial charge is 0.461 e. The third kappa shape index (κ3) is 4.01. The van der Waals surface area contributed by atoms with Gasteiger partial charge in [0.15, 0.2) is 0 Å². The van der Waals surface area contributed by atoms with E-state index in [-0.39, 0.29) is 18.0 Å². The normalized spacial score (nSPS) is 32.8. The van der Waals surface area contributed by atoms with E-state index in [0.717, 1.165) is 12.8 Å². The van der Waals surface area contributed by atoms with Gasteiger partial charge in [0.2, 0.25) is 0 Å². The molecule has 1 saturated carbocycles. The molecule has 0 aromatic heterocycles. The molecule has 2 fully saturated rings.